The molecule has 2 rings (SSSR count). The fraction of sp³-hybridized carbons (Fsp3) is 0.333. The first-order chi connectivity index (χ1) is 4.97. The minimum absolute atomic E-state index is 0.870. The zero-order valence-electron chi connectivity index (χ0n) is 5.57. The topological polar surface area (TPSA) is 32.6 Å². The second-order valence-corrected chi connectivity index (χ2v) is 2.17. The van der Waals surface area contributed by atoms with Gasteiger partial charge >= 0.3 is 0 Å². The highest BCUT2D eigenvalue weighted by Crippen LogP contribution is 2.01. The number of rotatable bonds is 1. The van der Waals surface area contributed by atoms with Crippen molar-refractivity contribution in [2.75, 3.05) is 13.1 Å². The second-order valence-electron chi connectivity index (χ2n) is 2.17. The van der Waals surface area contributed by atoms with Crippen LogP contribution >= 0.6 is 0 Å². The molecular weight excluding hydrogens is 128 g/mol. The van der Waals surface area contributed by atoms with Crippen molar-refractivity contribution in [3.8, 4) is 0 Å². The van der Waals surface area contributed by atoms with Gasteiger partial charge in [-0.3, -0.25) is 0 Å². The van der Waals surface area contributed by atoms with Crippen molar-refractivity contribution in [3.63, 3.8) is 0 Å². The van der Waals surface area contributed by atoms with Crippen molar-refractivity contribution >= 4 is 0 Å². The Hall–Kier alpha value is -1.00. The van der Waals surface area contributed by atoms with Crippen LogP contribution < -0.4 is 10.9 Å². The lowest BCUT2D eigenvalue weighted by Crippen LogP contribution is -2.47. The SMILES string of the molecule is C1=C[N]N(N2CC=CN2)C1. The van der Waals surface area contributed by atoms with Crippen LogP contribution in [0.5, 0.6) is 0 Å². The van der Waals surface area contributed by atoms with Crippen molar-refractivity contribution in [1.82, 2.24) is 21.1 Å². The summed E-state index contributed by atoms with van der Waals surface area (Å²) in [6, 6.07) is 0. The normalized spacial score (nSPS) is 25.2. The monoisotopic (exact) mass is 137 g/mol. The number of hydrogen-bond donors (Lipinski definition) is 1. The van der Waals surface area contributed by atoms with E-state index >= 15 is 0 Å². The molecule has 0 aliphatic carbocycles. The molecule has 0 bridgehead atoms. The predicted molar refractivity (Wildman–Crippen MR) is 37.0 cm³/mol. The van der Waals surface area contributed by atoms with Crippen LogP contribution in [0.4, 0.5) is 0 Å². The lowest BCUT2D eigenvalue weighted by molar-refractivity contribution is -0.0552. The summed E-state index contributed by atoms with van der Waals surface area (Å²) in [7, 11) is 0. The zero-order chi connectivity index (χ0) is 6.81. The minimum atomic E-state index is 0.870. The smallest absolute Gasteiger partial charge is 0.0579 e. The van der Waals surface area contributed by atoms with Gasteiger partial charge in [-0.2, -0.15) is 5.43 Å². The zero-order valence-corrected chi connectivity index (χ0v) is 5.57. The summed E-state index contributed by atoms with van der Waals surface area (Å²) in [6.45, 7) is 1.76. The van der Waals surface area contributed by atoms with E-state index < -0.39 is 0 Å². The Morgan fingerprint density at radius 3 is 2.90 bits per heavy atom. The molecule has 1 N–H and O–H groups in total. The lowest BCUT2D eigenvalue weighted by Gasteiger charge is -2.24. The Bertz CT molecular complexity index is 139. The van der Waals surface area contributed by atoms with Gasteiger partial charge in [0, 0.05) is 12.4 Å². The van der Waals surface area contributed by atoms with Crippen molar-refractivity contribution in [2.24, 2.45) is 0 Å². The molecule has 2 aliphatic rings. The predicted octanol–water partition coefficient (Wildman–Crippen LogP) is -0.416. The van der Waals surface area contributed by atoms with Crippen molar-refractivity contribution in [2.45, 2.75) is 0 Å². The summed E-state index contributed by atoms with van der Waals surface area (Å²) < 4.78 is 0. The molecule has 0 aromatic heterocycles. The minimum Gasteiger partial charge on any atom is -0.311 e. The van der Waals surface area contributed by atoms with Gasteiger partial charge in [0.2, 0.25) is 0 Å². The van der Waals surface area contributed by atoms with Crippen LogP contribution in [0, 0.1) is 0 Å². The summed E-state index contributed by atoms with van der Waals surface area (Å²) in [5.74, 6) is 0. The summed E-state index contributed by atoms with van der Waals surface area (Å²) in [5, 5.41) is 3.82. The molecule has 0 aromatic rings. The standard InChI is InChI=1S/C6H9N4/c1-3-7-9(5-1)10-6-2-4-8-10/h1-4,7H,5-6H2. The van der Waals surface area contributed by atoms with E-state index in [9.17, 15) is 0 Å². The van der Waals surface area contributed by atoms with Crippen LogP contribution in [0.2, 0.25) is 0 Å². The highest BCUT2D eigenvalue weighted by atomic mass is 15.9. The van der Waals surface area contributed by atoms with Gasteiger partial charge in [0.15, 0.2) is 0 Å². The Morgan fingerprint density at radius 1 is 1.30 bits per heavy atom. The Kier molecular flexibility index (Phi) is 1.34. The Morgan fingerprint density at radius 2 is 2.30 bits per heavy atom. The van der Waals surface area contributed by atoms with E-state index in [0.717, 1.165) is 13.1 Å². The molecule has 0 fully saturated rings. The van der Waals surface area contributed by atoms with Gasteiger partial charge in [0.05, 0.1) is 13.1 Å². The van der Waals surface area contributed by atoms with Crippen molar-refractivity contribution in [3.05, 3.63) is 24.6 Å². The fourth-order valence-corrected chi connectivity index (χ4v) is 0.978. The maximum Gasteiger partial charge on any atom is 0.0579 e. The van der Waals surface area contributed by atoms with E-state index in [4.69, 9.17) is 0 Å². The van der Waals surface area contributed by atoms with Crippen molar-refractivity contribution in [1.29, 1.82) is 0 Å². The van der Waals surface area contributed by atoms with Crippen LogP contribution in [0.3, 0.4) is 0 Å². The molecule has 0 aromatic carbocycles. The lowest BCUT2D eigenvalue weighted by atomic mass is 10.6. The van der Waals surface area contributed by atoms with E-state index in [1.54, 1.807) is 6.20 Å². The van der Waals surface area contributed by atoms with Crippen molar-refractivity contribution < 1.29 is 0 Å². The number of hydrazine groups is 2. The summed E-state index contributed by atoms with van der Waals surface area (Å²) >= 11 is 0. The van der Waals surface area contributed by atoms with Gasteiger partial charge in [-0.25, -0.2) is 0 Å². The molecule has 1 radical (unpaired) electrons. The van der Waals surface area contributed by atoms with Gasteiger partial charge in [-0.15, -0.1) is 10.2 Å². The van der Waals surface area contributed by atoms with Gasteiger partial charge in [-0.1, -0.05) is 0 Å². The molecule has 53 valence electrons. The Balaban J connectivity index is 1.89. The molecule has 0 saturated heterocycles. The molecule has 4 nitrogen and oxygen atoms in total. The number of nitrogens with zero attached hydrogens (tertiary/aromatic N) is 3. The third-order valence-electron chi connectivity index (χ3n) is 1.47. The first-order valence-electron chi connectivity index (χ1n) is 3.29. The van der Waals surface area contributed by atoms with Crippen LogP contribution in [0.25, 0.3) is 0 Å². The maximum absolute atomic E-state index is 4.09. The maximum atomic E-state index is 4.09. The Labute approximate surface area is 59.7 Å². The largest absolute Gasteiger partial charge is 0.311 e. The first kappa shape index (κ1) is 5.76. The third kappa shape index (κ3) is 0.872. The molecule has 0 saturated carbocycles. The summed E-state index contributed by atoms with van der Waals surface area (Å²) in [5.41, 5.74) is 7.14. The molecule has 0 amide bonds. The van der Waals surface area contributed by atoms with E-state index in [1.807, 2.05) is 28.6 Å². The van der Waals surface area contributed by atoms with Crippen LogP contribution in [-0.4, -0.2) is 23.3 Å². The van der Waals surface area contributed by atoms with Crippen LogP contribution in [0.1, 0.15) is 0 Å². The van der Waals surface area contributed by atoms with Crippen LogP contribution in [-0.2, 0) is 0 Å². The first-order valence-corrected chi connectivity index (χ1v) is 3.29. The van der Waals surface area contributed by atoms with Gasteiger partial charge in [-0.05, 0) is 12.2 Å². The van der Waals surface area contributed by atoms with E-state index in [0.29, 0.717) is 0 Å². The second kappa shape index (κ2) is 2.32. The fourth-order valence-electron chi connectivity index (χ4n) is 0.978. The number of nitrogens with one attached hydrogen (secondary N) is 1. The molecule has 4 heteroatoms. The highest BCUT2D eigenvalue weighted by Gasteiger charge is 2.17. The van der Waals surface area contributed by atoms with E-state index in [2.05, 4.69) is 10.9 Å². The molecular formula is C6H9N4. The van der Waals surface area contributed by atoms with E-state index in [-0.39, 0.29) is 0 Å². The highest BCUT2D eigenvalue weighted by molar-refractivity contribution is 4.92. The van der Waals surface area contributed by atoms with E-state index in [1.165, 1.54) is 0 Å². The van der Waals surface area contributed by atoms with Gasteiger partial charge < -0.3 is 5.43 Å². The quantitative estimate of drug-likeness (QED) is 0.533. The molecule has 0 unspecified atom stereocenters. The average molecular weight is 137 g/mol. The third-order valence-corrected chi connectivity index (χ3v) is 1.47. The summed E-state index contributed by atoms with van der Waals surface area (Å²) in [4.78, 5) is 0. The summed E-state index contributed by atoms with van der Waals surface area (Å²) in [6.07, 6.45) is 7.78. The van der Waals surface area contributed by atoms with Crippen LogP contribution in [0.15, 0.2) is 24.6 Å². The molecule has 10 heavy (non-hydrogen) atoms. The van der Waals surface area contributed by atoms with Gasteiger partial charge in [0.1, 0.15) is 0 Å². The number of hydrogen-bond acceptors (Lipinski definition) is 3. The van der Waals surface area contributed by atoms with Gasteiger partial charge in [0.25, 0.3) is 0 Å². The molecule has 0 spiro atoms. The molecule has 0 atom stereocenters. The molecule has 2 heterocycles. The average Bonchev–Trinajstić information content (AvgIpc) is 2.59. The molecule has 2 aliphatic heterocycles.